The van der Waals surface area contributed by atoms with Crippen LogP contribution >= 0.6 is 0 Å². The van der Waals surface area contributed by atoms with Gasteiger partial charge in [0, 0.05) is 11.1 Å². The normalized spacial score (nSPS) is 14.3. The van der Waals surface area contributed by atoms with Crippen molar-refractivity contribution in [3.8, 4) is 0 Å². The molecule has 0 spiro atoms. The number of hydrogen-bond donors (Lipinski definition) is 0. The zero-order valence-electron chi connectivity index (χ0n) is 13.0. The highest BCUT2D eigenvalue weighted by atomic mass is 32.2. The van der Waals surface area contributed by atoms with Gasteiger partial charge in [0.05, 0.1) is 5.69 Å². The van der Waals surface area contributed by atoms with Crippen LogP contribution in [0.25, 0.3) is 0 Å². The quantitative estimate of drug-likeness (QED) is 0.830. The largest absolute Gasteiger partial charge is 0.498 e. The van der Waals surface area contributed by atoms with Crippen molar-refractivity contribution < 1.29 is 21.6 Å². The van der Waals surface area contributed by atoms with E-state index in [0.29, 0.717) is 11.3 Å². The van der Waals surface area contributed by atoms with Gasteiger partial charge in [-0.15, -0.1) is 0 Å². The summed E-state index contributed by atoms with van der Waals surface area (Å²) in [6.45, 7) is 9.36. The summed E-state index contributed by atoms with van der Waals surface area (Å²) in [5.41, 5.74) is -4.56. The third-order valence-corrected chi connectivity index (χ3v) is 5.49. The fourth-order valence-electron chi connectivity index (χ4n) is 1.79. The molecule has 7 heteroatoms. The van der Waals surface area contributed by atoms with E-state index in [0.717, 1.165) is 13.8 Å². The molecule has 3 nitrogen and oxygen atoms in total. The molecule has 1 heterocycles. The minimum absolute atomic E-state index is 0.0928. The SMILES string of the molecule is Cc1cc(C(C)(C)C)nc(C(C)(C)S(=O)(=O)C(F)(F)F)c1. The zero-order chi connectivity index (χ0) is 16.9. The Bertz CT molecular complexity index is 641. The summed E-state index contributed by atoms with van der Waals surface area (Å²) in [6, 6.07) is 3.14. The Hall–Kier alpha value is -1.11. The Balaban J connectivity index is 3.57. The van der Waals surface area contributed by atoms with Crippen LogP contribution in [0.3, 0.4) is 0 Å². The van der Waals surface area contributed by atoms with Gasteiger partial charge in [0.1, 0.15) is 4.75 Å². The second-order valence-corrected chi connectivity index (χ2v) is 9.11. The highest BCUT2D eigenvalue weighted by Gasteiger charge is 2.56. The van der Waals surface area contributed by atoms with E-state index in [4.69, 9.17) is 0 Å². The number of rotatable bonds is 2. The minimum Gasteiger partial charge on any atom is -0.256 e. The molecule has 1 rings (SSSR count). The van der Waals surface area contributed by atoms with Gasteiger partial charge in [0.25, 0.3) is 9.84 Å². The average molecular weight is 323 g/mol. The van der Waals surface area contributed by atoms with Crippen LogP contribution < -0.4 is 0 Å². The molecular weight excluding hydrogens is 303 g/mol. The van der Waals surface area contributed by atoms with Crippen molar-refractivity contribution in [3.05, 3.63) is 29.1 Å². The van der Waals surface area contributed by atoms with Gasteiger partial charge in [-0.3, -0.25) is 4.98 Å². The fourth-order valence-corrected chi connectivity index (χ4v) is 2.75. The van der Waals surface area contributed by atoms with E-state index in [9.17, 15) is 21.6 Å². The Morgan fingerprint density at radius 1 is 0.952 bits per heavy atom. The van der Waals surface area contributed by atoms with Gasteiger partial charge >= 0.3 is 5.51 Å². The summed E-state index contributed by atoms with van der Waals surface area (Å²) >= 11 is 0. The Morgan fingerprint density at radius 3 is 1.76 bits per heavy atom. The molecule has 1 aromatic rings. The van der Waals surface area contributed by atoms with Crippen molar-refractivity contribution in [2.45, 2.75) is 57.2 Å². The number of nitrogens with zero attached hydrogens (tertiary/aromatic N) is 1. The standard InChI is InChI=1S/C14H20F3NO2S/c1-9-7-10(12(2,3)4)18-11(8-9)13(5,6)21(19,20)14(15,16)17/h7-8H,1-6H3. The van der Waals surface area contributed by atoms with Crippen LogP contribution in [0.1, 0.15) is 51.6 Å². The van der Waals surface area contributed by atoms with Gasteiger partial charge in [0.15, 0.2) is 0 Å². The molecule has 0 saturated carbocycles. The summed E-state index contributed by atoms with van der Waals surface area (Å²) in [5, 5.41) is 0. The molecule has 0 aliphatic heterocycles. The van der Waals surface area contributed by atoms with E-state index in [1.165, 1.54) is 6.07 Å². The first kappa shape index (κ1) is 17.9. The molecule has 21 heavy (non-hydrogen) atoms. The van der Waals surface area contributed by atoms with Crippen molar-refractivity contribution in [2.24, 2.45) is 0 Å². The first-order chi connectivity index (χ1) is 9.10. The van der Waals surface area contributed by atoms with Crippen molar-refractivity contribution in [2.75, 3.05) is 0 Å². The number of alkyl halides is 3. The van der Waals surface area contributed by atoms with Crippen LogP contribution in [-0.4, -0.2) is 18.9 Å². The number of sulfone groups is 1. The van der Waals surface area contributed by atoms with E-state index in [-0.39, 0.29) is 5.69 Å². The maximum atomic E-state index is 12.8. The van der Waals surface area contributed by atoms with E-state index in [1.807, 2.05) is 20.8 Å². The molecule has 1 aromatic heterocycles. The van der Waals surface area contributed by atoms with Gasteiger partial charge < -0.3 is 0 Å². The summed E-state index contributed by atoms with van der Waals surface area (Å²) < 4.78 is 59.9. The molecular formula is C14H20F3NO2S. The third-order valence-electron chi connectivity index (χ3n) is 3.33. The average Bonchev–Trinajstić information content (AvgIpc) is 2.25. The Labute approximate surface area is 123 Å². The molecule has 0 fully saturated rings. The molecule has 0 aliphatic carbocycles. The third kappa shape index (κ3) is 3.22. The molecule has 120 valence electrons. The van der Waals surface area contributed by atoms with Gasteiger partial charge in [-0.2, -0.15) is 13.2 Å². The van der Waals surface area contributed by atoms with Crippen LogP contribution in [0.4, 0.5) is 13.2 Å². The van der Waals surface area contributed by atoms with Gasteiger partial charge in [0.2, 0.25) is 0 Å². The van der Waals surface area contributed by atoms with Crippen LogP contribution in [0, 0.1) is 6.92 Å². The summed E-state index contributed by atoms with van der Waals surface area (Å²) in [6.07, 6.45) is 0. The van der Waals surface area contributed by atoms with Gasteiger partial charge in [-0.05, 0) is 38.5 Å². The second-order valence-electron chi connectivity index (χ2n) is 6.62. The molecule has 0 unspecified atom stereocenters. The number of halogens is 3. The van der Waals surface area contributed by atoms with Crippen molar-refractivity contribution >= 4 is 9.84 Å². The smallest absolute Gasteiger partial charge is 0.256 e. The van der Waals surface area contributed by atoms with Crippen LogP contribution in [0.2, 0.25) is 0 Å². The maximum absolute atomic E-state index is 12.8. The molecule has 0 atom stereocenters. The first-order valence-electron chi connectivity index (χ1n) is 6.41. The highest BCUT2D eigenvalue weighted by molar-refractivity contribution is 7.93. The number of hydrogen-bond acceptors (Lipinski definition) is 3. The van der Waals surface area contributed by atoms with Gasteiger partial charge in [-0.25, -0.2) is 8.42 Å². The molecule has 0 radical (unpaired) electrons. The lowest BCUT2D eigenvalue weighted by Gasteiger charge is -2.28. The Kier molecular flexibility index (Phi) is 4.24. The fraction of sp³-hybridized carbons (Fsp3) is 0.643. The zero-order valence-corrected chi connectivity index (χ0v) is 13.8. The minimum atomic E-state index is -5.37. The second kappa shape index (κ2) is 4.97. The summed E-state index contributed by atoms with van der Waals surface area (Å²) in [7, 11) is -5.37. The van der Waals surface area contributed by atoms with Gasteiger partial charge in [-0.1, -0.05) is 20.8 Å². The molecule has 0 aromatic carbocycles. The van der Waals surface area contributed by atoms with E-state index in [1.54, 1.807) is 13.0 Å². The van der Waals surface area contributed by atoms with E-state index >= 15 is 0 Å². The molecule has 0 saturated heterocycles. The molecule has 0 amide bonds. The topological polar surface area (TPSA) is 47.0 Å². The maximum Gasteiger partial charge on any atom is 0.498 e. The monoisotopic (exact) mass is 323 g/mol. The van der Waals surface area contributed by atoms with Crippen molar-refractivity contribution in [3.63, 3.8) is 0 Å². The van der Waals surface area contributed by atoms with E-state index in [2.05, 4.69) is 4.98 Å². The van der Waals surface area contributed by atoms with Crippen molar-refractivity contribution in [1.82, 2.24) is 4.98 Å². The molecule has 0 bridgehead atoms. The van der Waals surface area contributed by atoms with E-state index < -0.39 is 25.5 Å². The molecule has 0 N–H and O–H groups in total. The first-order valence-corrected chi connectivity index (χ1v) is 7.89. The summed E-state index contributed by atoms with van der Waals surface area (Å²) in [5.74, 6) is 0. The van der Waals surface area contributed by atoms with Crippen LogP contribution in [0.5, 0.6) is 0 Å². The van der Waals surface area contributed by atoms with Crippen LogP contribution in [0.15, 0.2) is 12.1 Å². The number of aromatic nitrogens is 1. The highest BCUT2D eigenvalue weighted by Crippen LogP contribution is 2.40. The lowest BCUT2D eigenvalue weighted by molar-refractivity contribution is -0.0457. The van der Waals surface area contributed by atoms with Crippen LogP contribution in [-0.2, 0) is 20.0 Å². The summed E-state index contributed by atoms with van der Waals surface area (Å²) in [4.78, 5) is 4.18. The number of pyridine rings is 1. The lowest BCUT2D eigenvalue weighted by Crippen LogP contribution is -2.40. The van der Waals surface area contributed by atoms with Crippen molar-refractivity contribution in [1.29, 1.82) is 0 Å². The predicted molar refractivity (Wildman–Crippen MR) is 75.7 cm³/mol. The lowest BCUT2D eigenvalue weighted by atomic mass is 9.90. The predicted octanol–water partition coefficient (Wildman–Crippen LogP) is 3.86. The Morgan fingerprint density at radius 2 is 1.38 bits per heavy atom. The molecule has 0 aliphatic rings. The number of aryl methyl sites for hydroxylation is 1.